The molecular formula is C27H26FN5O5S2. The van der Waals surface area contributed by atoms with Crippen LogP contribution in [0.4, 0.5) is 14.3 Å². The van der Waals surface area contributed by atoms with Crippen molar-refractivity contribution in [3.8, 4) is 0 Å². The minimum atomic E-state index is -3.84. The van der Waals surface area contributed by atoms with E-state index in [0.29, 0.717) is 15.5 Å². The molecule has 4 aromatic rings. The highest BCUT2D eigenvalue weighted by atomic mass is 32.2. The van der Waals surface area contributed by atoms with Crippen molar-refractivity contribution < 1.29 is 27.1 Å². The summed E-state index contributed by atoms with van der Waals surface area (Å²) in [5.74, 6) is -0.917. The van der Waals surface area contributed by atoms with Gasteiger partial charge in [-0.15, -0.1) is 0 Å². The van der Waals surface area contributed by atoms with Gasteiger partial charge in [-0.25, -0.2) is 22.6 Å². The number of carbonyl (C=O) groups is 2. The second-order valence-electron chi connectivity index (χ2n) is 8.91. The molecule has 5 rings (SSSR count). The van der Waals surface area contributed by atoms with Crippen LogP contribution in [0.1, 0.15) is 23.0 Å². The maximum absolute atomic E-state index is 14.4. The van der Waals surface area contributed by atoms with Crippen LogP contribution < -0.4 is 4.90 Å². The maximum atomic E-state index is 14.4. The fourth-order valence-corrected chi connectivity index (χ4v) is 6.70. The predicted octanol–water partition coefficient (Wildman–Crippen LogP) is 4.14. The second-order valence-corrected chi connectivity index (χ2v) is 11.9. The highest BCUT2D eigenvalue weighted by molar-refractivity contribution is 7.89. The average molecular weight is 584 g/mol. The molecule has 0 N–H and O–H groups in total. The molecule has 0 spiro atoms. The van der Waals surface area contributed by atoms with Crippen LogP contribution in [0.2, 0.25) is 0 Å². The number of benzene rings is 2. The van der Waals surface area contributed by atoms with Crippen molar-refractivity contribution in [2.24, 2.45) is 0 Å². The highest BCUT2D eigenvalue weighted by Gasteiger charge is 2.31. The van der Waals surface area contributed by atoms with Gasteiger partial charge in [0.1, 0.15) is 11.3 Å². The molecule has 2 amide bonds. The number of thiazole rings is 1. The molecule has 40 heavy (non-hydrogen) atoms. The number of anilines is 1. The number of rotatable bonds is 7. The van der Waals surface area contributed by atoms with E-state index in [4.69, 9.17) is 4.74 Å². The van der Waals surface area contributed by atoms with E-state index >= 15 is 0 Å². The number of sulfonamides is 1. The Morgan fingerprint density at radius 3 is 2.42 bits per heavy atom. The van der Waals surface area contributed by atoms with E-state index in [-0.39, 0.29) is 55.3 Å². The Morgan fingerprint density at radius 1 is 1.02 bits per heavy atom. The van der Waals surface area contributed by atoms with Gasteiger partial charge in [-0.1, -0.05) is 23.5 Å². The Bertz CT molecular complexity index is 1620. The summed E-state index contributed by atoms with van der Waals surface area (Å²) in [6.45, 7) is 2.76. The summed E-state index contributed by atoms with van der Waals surface area (Å²) < 4.78 is 47.7. The van der Waals surface area contributed by atoms with Crippen LogP contribution in [0.3, 0.4) is 0 Å². The van der Waals surface area contributed by atoms with E-state index in [9.17, 15) is 22.4 Å². The Balaban J connectivity index is 1.38. The smallest absolute Gasteiger partial charge is 0.409 e. The first kappa shape index (κ1) is 27.6. The van der Waals surface area contributed by atoms with Crippen LogP contribution in [-0.4, -0.2) is 72.4 Å². The molecule has 1 fully saturated rings. The third kappa shape index (κ3) is 5.67. The summed E-state index contributed by atoms with van der Waals surface area (Å²) in [5, 5.41) is 0.298. The Morgan fingerprint density at radius 2 is 1.77 bits per heavy atom. The van der Waals surface area contributed by atoms with E-state index in [1.54, 1.807) is 43.5 Å². The zero-order valence-corrected chi connectivity index (χ0v) is 23.2. The minimum absolute atomic E-state index is 0.0342. The summed E-state index contributed by atoms with van der Waals surface area (Å²) in [6.07, 6.45) is 1.15. The summed E-state index contributed by atoms with van der Waals surface area (Å²) >= 11 is 1.18. The van der Waals surface area contributed by atoms with Gasteiger partial charge in [-0.2, -0.15) is 4.31 Å². The van der Waals surface area contributed by atoms with Crippen molar-refractivity contribution in [3.63, 3.8) is 0 Å². The van der Waals surface area contributed by atoms with Gasteiger partial charge in [0.05, 0.1) is 28.4 Å². The number of ether oxygens (including phenoxy) is 1. The Hall–Kier alpha value is -3.94. The van der Waals surface area contributed by atoms with Crippen molar-refractivity contribution in [2.45, 2.75) is 18.4 Å². The number of halogens is 1. The molecule has 0 saturated carbocycles. The van der Waals surface area contributed by atoms with Gasteiger partial charge >= 0.3 is 6.09 Å². The van der Waals surface area contributed by atoms with E-state index < -0.39 is 27.8 Å². The molecule has 208 valence electrons. The number of hydrogen-bond donors (Lipinski definition) is 0. The molecule has 3 heterocycles. The van der Waals surface area contributed by atoms with Crippen molar-refractivity contribution in [3.05, 3.63) is 83.9 Å². The molecule has 1 aliphatic heterocycles. The second kappa shape index (κ2) is 11.7. The lowest BCUT2D eigenvalue weighted by Gasteiger charge is -2.33. The lowest BCUT2D eigenvalue weighted by molar-refractivity contribution is 0.0933. The molecule has 2 aromatic heterocycles. The average Bonchev–Trinajstić information content (AvgIpc) is 3.42. The Labute approximate surface area is 234 Å². The van der Waals surface area contributed by atoms with Crippen molar-refractivity contribution in [2.75, 3.05) is 37.7 Å². The van der Waals surface area contributed by atoms with Gasteiger partial charge in [0, 0.05) is 37.9 Å². The van der Waals surface area contributed by atoms with Crippen LogP contribution in [0.25, 0.3) is 10.2 Å². The molecule has 0 bridgehead atoms. The minimum Gasteiger partial charge on any atom is -0.450 e. The third-order valence-electron chi connectivity index (χ3n) is 6.38. The quantitative estimate of drug-likeness (QED) is 0.321. The zero-order valence-electron chi connectivity index (χ0n) is 21.6. The van der Waals surface area contributed by atoms with E-state index in [0.717, 1.165) is 0 Å². The molecule has 0 atom stereocenters. The number of carbonyl (C=O) groups excluding carboxylic acids is 2. The normalized spacial score (nSPS) is 14.3. The lowest BCUT2D eigenvalue weighted by Crippen LogP contribution is -2.50. The number of piperazine rings is 1. The number of hydrogen-bond acceptors (Lipinski definition) is 8. The number of fused-ring (bicyclic) bond motifs is 1. The SMILES string of the molecule is CCOC(=O)N1CCN(S(=O)(=O)c2ccc(C(=O)N(Cc3ccccn3)c3nc4c(F)cccc4s3)cc2)CC1. The summed E-state index contributed by atoms with van der Waals surface area (Å²) in [6, 6.07) is 15.6. The van der Waals surface area contributed by atoms with Crippen LogP contribution in [0, 0.1) is 5.82 Å². The van der Waals surface area contributed by atoms with E-state index in [2.05, 4.69) is 9.97 Å². The fourth-order valence-electron chi connectivity index (χ4n) is 4.30. The van der Waals surface area contributed by atoms with Crippen molar-refractivity contribution in [1.29, 1.82) is 0 Å². The molecule has 1 saturated heterocycles. The summed E-state index contributed by atoms with van der Waals surface area (Å²) in [4.78, 5) is 37.2. The first-order chi connectivity index (χ1) is 19.3. The van der Waals surface area contributed by atoms with Crippen LogP contribution >= 0.6 is 11.3 Å². The number of amides is 2. The third-order valence-corrected chi connectivity index (χ3v) is 9.34. The van der Waals surface area contributed by atoms with Gasteiger partial charge < -0.3 is 9.64 Å². The van der Waals surface area contributed by atoms with Crippen molar-refractivity contribution >= 4 is 48.7 Å². The van der Waals surface area contributed by atoms with Crippen molar-refractivity contribution in [1.82, 2.24) is 19.2 Å². The Kier molecular flexibility index (Phi) is 8.05. The number of pyridine rings is 1. The number of nitrogens with zero attached hydrogens (tertiary/aromatic N) is 5. The lowest BCUT2D eigenvalue weighted by atomic mass is 10.2. The van der Waals surface area contributed by atoms with Gasteiger partial charge in [-0.3, -0.25) is 14.7 Å². The molecule has 1 aliphatic rings. The monoisotopic (exact) mass is 583 g/mol. The molecule has 2 aromatic carbocycles. The van der Waals surface area contributed by atoms with Gasteiger partial charge in [0.15, 0.2) is 5.13 Å². The van der Waals surface area contributed by atoms with Crippen LogP contribution in [0.5, 0.6) is 0 Å². The molecule has 10 nitrogen and oxygen atoms in total. The van der Waals surface area contributed by atoms with Crippen LogP contribution in [0.15, 0.2) is 71.8 Å². The van der Waals surface area contributed by atoms with Gasteiger partial charge in [-0.05, 0) is 55.5 Å². The molecule has 0 aliphatic carbocycles. The topological polar surface area (TPSA) is 113 Å². The summed E-state index contributed by atoms with van der Waals surface area (Å²) in [7, 11) is -3.84. The van der Waals surface area contributed by atoms with Gasteiger partial charge in [0.25, 0.3) is 5.91 Å². The van der Waals surface area contributed by atoms with E-state index in [1.807, 2.05) is 0 Å². The first-order valence-corrected chi connectivity index (χ1v) is 14.8. The van der Waals surface area contributed by atoms with Crippen LogP contribution in [-0.2, 0) is 21.3 Å². The molecule has 13 heteroatoms. The summed E-state index contributed by atoms with van der Waals surface area (Å²) in [5.41, 5.74) is 1.02. The fraction of sp³-hybridized carbons (Fsp3) is 0.259. The first-order valence-electron chi connectivity index (χ1n) is 12.6. The zero-order chi connectivity index (χ0) is 28.3. The van der Waals surface area contributed by atoms with Gasteiger partial charge in [0.2, 0.25) is 10.0 Å². The standard InChI is InChI=1S/C27H26FN5O5S2/c1-2-38-27(35)31-14-16-32(17-15-31)40(36,37)21-11-9-19(10-12-21)25(34)33(18-20-6-3-4-13-29-20)26-30-24-22(28)7-5-8-23(24)39-26/h3-13H,2,14-18H2,1H3. The van der Waals surface area contributed by atoms with E-state index in [1.165, 1.54) is 55.8 Å². The molecule has 0 radical (unpaired) electrons. The predicted molar refractivity (Wildman–Crippen MR) is 148 cm³/mol. The molecule has 0 unspecified atom stereocenters. The molecular weight excluding hydrogens is 557 g/mol. The highest BCUT2D eigenvalue weighted by Crippen LogP contribution is 2.32. The maximum Gasteiger partial charge on any atom is 0.409 e. The largest absolute Gasteiger partial charge is 0.450 e. The number of aromatic nitrogens is 2. The number of para-hydroxylation sites is 1.